The van der Waals surface area contributed by atoms with E-state index in [0.29, 0.717) is 0 Å². The summed E-state index contributed by atoms with van der Waals surface area (Å²) in [4.78, 5) is 0. The highest BCUT2D eigenvalue weighted by molar-refractivity contribution is 5.42. The van der Waals surface area contributed by atoms with Crippen LogP contribution in [0.25, 0.3) is 0 Å². The molecule has 0 fully saturated rings. The summed E-state index contributed by atoms with van der Waals surface area (Å²) in [5.41, 5.74) is 1.21. The number of benzene rings is 1. The molecule has 1 rings (SSSR count). The van der Waals surface area contributed by atoms with Crippen molar-refractivity contribution in [2.24, 2.45) is 0 Å². The van der Waals surface area contributed by atoms with Gasteiger partial charge in [-0.2, -0.15) is 0 Å². The fourth-order valence-corrected chi connectivity index (χ4v) is 0.825. The number of anilines is 1. The highest BCUT2D eigenvalue weighted by Crippen LogP contribution is 2.03. The third kappa shape index (κ3) is 4.56. The first kappa shape index (κ1) is 10.8. The first-order valence-corrected chi connectivity index (χ1v) is 4.22. The van der Waals surface area contributed by atoms with Crippen molar-refractivity contribution in [2.45, 2.75) is 13.3 Å². The maximum atomic E-state index is 3.29. The van der Waals surface area contributed by atoms with Crippen LogP contribution >= 0.6 is 0 Å². The average Bonchev–Trinajstić information content (AvgIpc) is 2.19. The molecular formula is C11H17N. The summed E-state index contributed by atoms with van der Waals surface area (Å²) in [7, 11) is 0. The minimum atomic E-state index is 1.06. The molecule has 0 saturated heterocycles. The minimum absolute atomic E-state index is 1.06. The molecule has 0 atom stereocenters. The molecule has 1 N–H and O–H groups in total. The second-order valence-electron chi connectivity index (χ2n) is 2.29. The van der Waals surface area contributed by atoms with Crippen LogP contribution in [0.1, 0.15) is 13.3 Å². The Kier molecular flexibility index (Phi) is 7.05. The monoisotopic (exact) mass is 163 g/mol. The van der Waals surface area contributed by atoms with Crippen LogP contribution in [0.2, 0.25) is 0 Å². The highest BCUT2D eigenvalue weighted by atomic mass is 14.9. The van der Waals surface area contributed by atoms with E-state index >= 15 is 0 Å². The Labute approximate surface area is 75.1 Å². The molecule has 0 spiro atoms. The van der Waals surface area contributed by atoms with Gasteiger partial charge in [0, 0.05) is 12.2 Å². The quantitative estimate of drug-likeness (QED) is 0.674. The van der Waals surface area contributed by atoms with Crippen molar-refractivity contribution in [3.63, 3.8) is 0 Å². The molecule has 0 unspecified atom stereocenters. The van der Waals surface area contributed by atoms with Gasteiger partial charge in [0.25, 0.3) is 0 Å². The predicted molar refractivity (Wildman–Crippen MR) is 56.5 cm³/mol. The van der Waals surface area contributed by atoms with E-state index in [1.54, 1.807) is 0 Å². The third-order valence-electron chi connectivity index (χ3n) is 1.35. The van der Waals surface area contributed by atoms with Gasteiger partial charge >= 0.3 is 0 Å². The summed E-state index contributed by atoms with van der Waals surface area (Å²) >= 11 is 0. The number of para-hydroxylation sites is 1. The molecule has 0 saturated carbocycles. The highest BCUT2D eigenvalue weighted by Gasteiger charge is 1.84. The first-order chi connectivity index (χ1) is 5.93. The van der Waals surface area contributed by atoms with Crippen molar-refractivity contribution in [3.8, 4) is 0 Å². The first-order valence-electron chi connectivity index (χ1n) is 4.22. The van der Waals surface area contributed by atoms with Crippen LogP contribution in [0.15, 0.2) is 43.5 Å². The molecule has 1 heteroatoms. The molecule has 12 heavy (non-hydrogen) atoms. The maximum absolute atomic E-state index is 3.29. The van der Waals surface area contributed by atoms with E-state index in [9.17, 15) is 0 Å². The summed E-state index contributed by atoms with van der Waals surface area (Å²) in [6.07, 6.45) is 1.18. The summed E-state index contributed by atoms with van der Waals surface area (Å²) in [6, 6.07) is 10.3. The van der Waals surface area contributed by atoms with E-state index in [1.807, 2.05) is 18.2 Å². The van der Waals surface area contributed by atoms with Crippen molar-refractivity contribution < 1.29 is 0 Å². The van der Waals surface area contributed by atoms with Gasteiger partial charge < -0.3 is 5.32 Å². The van der Waals surface area contributed by atoms with Gasteiger partial charge in [0.1, 0.15) is 0 Å². The van der Waals surface area contributed by atoms with Gasteiger partial charge in [-0.15, -0.1) is 13.2 Å². The zero-order chi connectivity index (χ0) is 9.23. The van der Waals surface area contributed by atoms with Crippen LogP contribution in [-0.4, -0.2) is 6.54 Å². The van der Waals surface area contributed by atoms with Gasteiger partial charge in [-0.3, -0.25) is 0 Å². The second-order valence-corrected chi connectivity index (χ2v) is 2.29. The molecule has 1 aromatic carbocycles. The second kappa shape index (κ2) is 7.86. The average molecular weight is 163 g/mol. The SMILES string of the molecule is C=C.CCCNc1ccccc1. The number of rotatable bonds is 3. The number of hydrogen-bond acceptors (Lipinski definition) is 1. The number of nitrogens with one attached hydrogen (secondary N) is 1. The van der Waals surface area contributed by atoms with E-state index in [4.69, 9.17) is 0 Å². The third-order valence-corrected chi connectivity index (χ3v) is 1.35. The summed E-state index contributed by atoms with van der Waals surface area (Å²) in [6.45, 7) is 9.22. The topological polar surface area (TPSA) is 12.0 Å². The molecule has 0 aromatic heterocycles. The predicted octanol–water partition coefficient (Wildman–Crippen LogP) is 3.31. The van der Waals surface area contributed by atoms with Crippen molar-refractivity contribution in [3.05, 3.63) is 43.5 Å². The Morgan fingerprint density at radius 1 is 1.17 bits per heavy atom. The van der Waals surface area contributed by atoms with Crippen LogP contribution < -0.4 is 5.32 Å². The number of hydrogen-bond donors (Lipinski definition) is 1. The lowest BCUT2D eigenvalue weighted by Gasteiger charge is -2.01. The lowest BCUT2D eigenvalue weighted by Crippen LogP contribution is -1.98. The van der Waals surface area contributed by atoms with E-state index in [-0.39, 0.29) is 0 Å². The lowest BCUT2D eigenvalue weighted by atomic mass is 10.3. The molecule has 0 aliphatic heterocycles. The van der Waals surface area contributed by atoms with Crippen LogP contribution in [-0.2, 0) is 0 Å². The molecule has 0 bridgehead atoms. The molecule has 0 amide bonds. The van der Waals surface area contributed by atoms with Gasteiger partial charge in [-0.25, -0.2) is 0 Å². The van der Waals surface area contributed by atoms with Crippen LogP contribution in [0.4, 0.5) is 5.69 Å². The molecule has 1 nitrogen and oxygen atoms in total. The molecule has 0 aliphatic rings. The Morgan fingerprint density at radius 2 is 1.75 bits per heavy atom. The van der Waals surface area contributed by atoms with Gasteiger partial charge in [0.15, 0.2) is 0 Å². The lowest BCUT2D eigenvalue weighted by molar-refractivity contribution is 0.980. The van der Waals surface area contributed by atoms with Crippen molar-refractivity contribution in [2.75, 3.05) is 11.9 Å². The summed E-state index contributed by atoms with van der Waals surface area (Å²) in [5, 5.41) is 3.29. The summed E-state index contributed by atoms with van der Waals surface area (Å²) in [5.74, 6) is 0. The van der Waals surface area contributed by atoms with E-state index in [1.165, 1.54) is 12.1 Å². The zero-order valence-corrected chi connectivity index (χ0v) is 7.72. The van der Waals surface area contributed by atoms with Gasteiger partial charge in [-0.05, 0) is 18.6 Å². The van der Waals surface area contributed by atoms with Gasteiger partial charge in [0.2, 0.25) is 0 Å². The maximum Gasteiger partial charge on any atom is 0.0340 e. The Morgan fingerprint density at radius 3 is 2.25 bits per heavy atom. The van der Waals surface area contributed by atoms with Crippen LogP contribution in [0.3, 0.4) is 0 Å². The van der Waals surface area contributed by atoms with Crippen molar-refractivity contribution >= 4 is 5.69 Å². The fourth-order valence-electron chi connectivity index (χ4n) is 0.825. The normalized spacial score (nSPS) is 8.08. The Bertz CT molecular complexity index is 181. The largest absolute Gasteiger partial charge is 0.385 e. The van der Waals surface area contributed by atoms with Gasteiger partial charge in [-0.1, -0.05) is 25.1 Å². The Balaban J connectivity index is 0.000000561. The molecule has 0 radical (unpaired) electrons. The Hall–Kier alpha value is -1.24. The van der Waals surface area contributed by atoms with E-state index in [0.717, 1.165) is 6.54 Å². The molecule has 0 aliphatic carbocycles. The van der Waals surface area contributed by atoms with Crippen molar-refractivity contribution in [1.82, 2.24) is 0 Å². The van der Waals surface area contributed by atoms with E-state index < -0.39 is 0 Å². The molecular weight excluding hydrogens is 146 g/mol. The van der Waals surface area contributed by atoms with Gasteiger partial charge in [0.05, 0.1) is 0 Å². The fraction of sp³-hybridized carbons (Fsp3) is 0.273. The smallest absolute Gasteiger partial charge is 0.0340 e. The molecule has 66 valence electrons. The standard InChI is InChI=1S/C9H13N.C2H4/c1-2-8-10-9-6-4-3-5-7-9;1-2/h3-7,10H,2,8H2,1H3;1-2H2. The molecule has 0 heterocycles. The van der Waals surface area contributed by atoms with Crippen LogP contribution in [0.5, 0.6) is 0 Å². The summed E-state index contributed by atoms with van der Waals surface area (Å²) < 4.78 is 0. The van der Waals surface area contributed by atoms with E-state index in [2.05, 4.69) is 37.5 Å². The van der Waals surface area contributed by atoms with Crippen molar-refractivity contribution in [1.29, 1.82) is 0 Å². The minimum Gasteiger partial charge on any atom is -0.385 e. The molecule has 1 aromatic rings. The zero-order valence-electron chi connectivity index (χ0n) is 7.72. The van der Waals surface area contributed by atoms with Crippen LogP contribution in [0, 0.1) is 0 Å².